The van der Waals surface area contributed by atoms with Gasteiger partial charge in [-0.05, 0) is 56.2 Å². The van der Waals surface area contributed by atoms with Crippen LogP contribution >= 0.6 is 38.5 Å². The highest BCUT2D eigenvalue weighted by Crippen LogP contribution is 2.37. The van der Waals surface area contributed by atoms with Crippen LogP contribution in [0.15, 0.2) is 16.6 Å². The summed E-state index contributed by atoms with van der Waals surface area (Å²) < 4.78 is 39.1. The summed E-state index contributed by atoms with van der Waals surface area (Å²) in [5.41, 5.74) is 1.30. The van der Waals surface area contributed by atoms with E-state index < -0.39 is 12.2 Å². The minimum atomic E-state index is -4.18. The summed E-state index contributed by atoms with van der Waals surface area (Å²) in [7, 11) is 0. The first-order chi connectivity index (χ1) is 6.88. The molecule has 1 nitrogen and oxygen atoms in total. The second-order valence-electron chi connectivity index (χ2n) is 3.37. The number of hydrogen-bond donors (Lipinski definition) is 1. The molecule has 0 amide bonds. The van der Waals surface area contributed by atoms with Crippen LogP contribution in [0.25, 0.3) is 0 Å². The van der Waals surface area contributed by atoms with E-state index in [0.717, 1.165) is 13.6 Å². The number of hydrogen-bond acceptors (Lipinski definition) is 1. The van der Waals surface area contributed by atoms with Crippen molar-refractivity contribution in [1.29, 1.82) is 0 Å². The molecule has 15 heavy (non-hydrogen) atoms. The summed E-state index contributed by atoms with van der Waals surface area (Å²) in [4.78, 5) is 0. The summed E-state index contributed by atoms with van der Waals surface area (Å²) in [6.07, 6.45) is -4.17. The number of halogens is 5. The third-order valence-corrected chi connectivity index (χ3v) is 4.58. The van der Waals surface area contributed by atoms with Crippen molar-refractivity contribution >= 4 is 44.2 Å². The van der Waals surface area contributed by atoms with Crippen LogP contribution in [-0.4, -0.2) is 12.2 Å². The molecule has 82 valence electrons. The van der Waals surface area contributed by atoms with Crippen LogP contribution in [0.3, 0.4) is 0 Å². The lowest BCUT2D eigenvalue weighted by atomic mass is 10.1. The molecule has 0 spiro atoms. The van der Waals surface area contributed by atoms with Gasteiger partial charge in [-0.15, -0.1) is 0 Å². The monoisotopic (exact) mass is 391 g/mol. The molecule has 1 atom stereocenters. The van der Waals surface area contributed by atoms with E-state index in [4.69, 9.17) is 0 Å². The maximum atomic E-state index is 12.5. The molecule has 0 aromatic heterocycles. The standard InChI is InChI=1S/C9H6BrF3IN/c10-5-3-7-4(1-6(5)14)2-8(15-7)9(11,12)13/h1,3,8,15H,2H2. The molecule has 0 saturated heterocycles. The Morgan fingerprint density at radius 3 is 2.67 bits per heavy atom. The molecule has 0 radical (unpaired) electrons. The number of rotatable bonds is 0. The van der Waals surface area contributed by atoms with Crippen LogP contribution in [0, 0.1) is 3.57 Å². The molecule has 0 fully saturated rings. The molecule has 0 bridgehead atoms. The molecule has 1 heterocycles. The fourth-order valence-corrected chi connectivity index (χ4v) is 2.42. The highest BCUT2D eigenvalue weighted by molar-refractivity contribution is 14.1. The summed E-state index contributed by atoms with van der Waals surface area (Å²) in [6, 6.07) is 2.03. The Balaban J connectivity index is 2.32. The Hall–Kier alpha value is 0.0200. The van der Waals surface area contributed by atoms with Crippen LogP contribution in [0.5, 0.6) is 0 Å². The summed E-state index contributed by atoms with van der Waals surface area (Å²) in [5.74, 6) is 0. The highest BCUT2D eigenvalue weighted by atomic mass is 127. The van der Waals surface area contributed by atoms with E-state index >= 15 is 0 Å². The predicted octanol–water partition coefficient (Wildman–Crippen LogP) is 3.95. The zero-order valence-corrected chi connectivity index (χ0v) is 11.1. The van der Waals surface area contributed by atoms with Gasteiger partial charge in [0.1, 0.15) is 6.04 Å². The van der Waals surface area contributed by atoms with Crippen molar-refractivity contribution in [3.05, 3.63) is 25.7 Å². The molecule has 1 aromatic rings. The summed E-state index contributed by atoms with van der Waals surface area (Å²) in [6.45, 7) is 0. The maximum Gasteiger partial charge on any atom is 0.408 e. The van der Waals surface area contributed by atoms with E-state index in [-0.39, 0.29) is 6.42 Å². The van der Waals surface area contributed by atoms with Gasteiger partial charge in [-0.3, -0.25) is 0 Å². The van der Waals surface area contributed by atoms with Crippen molar-refractivity contribution in [3.63, 3.8) is 0 Å². The van der Waals surface area contributed by atoms with Crippen LogP contribution in [0.4, 0.5) is 18.9 Å². The van der Waals surface area contributed by atoms with Gasteiger partial charge in [-0.25, -0.2) is 0 Å². The lowest BCUT2D eigenvalue weighted by Crippen LogP contribution is -2.34. The van der Waals surface area contributed by atoms with Crippen LogP contribution < -0.4 is 5.32 Å². The second-order valence-corrected chi connectivity index (χ2v) is 5.38. The quantitative estimate of drug-likeness (QED) is 0.660. The van der Waals surface area contributed by atoms with E-state index in [0.29, 0.717) is 5.69 Å². The van der Waals surface area contributed by atoms with E-state index in [1.807, 2.05) is 0 Å². The van der Waals surface area contributed by atoms with E-state index in [2.05, 4.69) is 43.8 Å². The van der Waals surface area contributed by atoms with Crippen LogP contribution in [-0.2, 0) is 6.42 Å². The summed E-state index contributed by atoms with van der Waals surface area (Å²) in [5, 5.41) is 2.48. The number of anilines is 1. The van der Waals surface area contributed by atoms with E-state index in [1.54, 1.807) is 12.1 Å². The third kappa shape index (κ3) is 2.25. The van der Waals surface area contributed by atoms with Gasteiger partial charge in [-0.2, -0.15) is 13.2 Å². The van der Waals surface area contributed by atoms with E-state index in [1.165, 1.54) is 0 Å². The first kappa shape index (κ1) is 11.5. The molecular formula is C9H6BrF3IN. The normalized spacial score (nSPS) is 19.9. The highest BCUT2D eigenvalue weighted by Gasteiger charge is 2.43. The predicted molar refractivity (Wildman–Crippen MR) is 64.0 cm³/mol. The Morgan fingerprint density at radius 1 is 1.40 bits per heavy atom. The maximum absolute atomic E-state index is 12.5. The third-order valence-electron chi connectivity index (χ3n) is 2.30. The lowest BCUT2D eigenvalue weighted by molar-refractivity contribution is -0.140. The minimum absolute atomic E-state index is 0.0160. The average molecular weight is 392 g/mol. The van der Waals surface area contributed by atoms with Crippen molar-refractivity contribution in [3.8, 4) is 0 Å². The molecule has 1 aromatic carbocycles. The first-order valence-electron chi connectivity index (χ1n) is 4.19. The molecular weight excluding hydrogens is 386 g/mol. The molecule has 1 aliphatic heterocycles. The van der Waals surface area contributed by atoms with Gasteiger partial charge < -0.3 is 5.32 Å². The number of benzene rings is 1. The Labute approximate surface area is 107 Å². The number of nitrogens with one attached hydrogen (secondary N) is 1. The smallest absolute Gasteiger partial charge is 0.373 e. The first-order valence-corrected chi connectivity index (χ1v) is 6.06. The van der Waals surface area contributed by atoms with Gasteiger partial charge >= 0.3 is 6.18 Å². The summed E-state index contributed by atoms with van der Waals surface area (Å²) >= 11 is 5.38. The Bertz CT molecular complexity index is 374. The van der Waals surface area contributed by atoms with Crippen molar-refractivity contribution in [1.82, 2.24) is 0 Å². The van der Waals surface area contributed by atoms with Gasteiger partial charge in [0.25, 0.3) is 0 Å². The van der Waals surface area contributed by atoms with Gasteiger partial charge in [0.15, 0.2) is 0 Å². The van der Waals surface area contributed by atoms with Gasteiger partial charge in [-0.1, -0.05) is 0 Å². The van der Waals surface area contributed by atoms with E-state index in [9.17, 15) is 13.2 Å². The minimum Gasteiger partial charge on any atom is -0.373 e. The molecule has 6 heteroatoms. The SMILES string of the molecule is FC(F)(F)C1Cc2cc(I)c(Br)cc2N1. The van der Waals surface area contributed by atoms with Crippen LogP contribution in [0.1, 0.15) is 5.56 Å². The molecule has 0 saturated carbocycles. The van der Waals surface area contributed by atoms with Gasteiger partial charge in [0, 0.05) is 20.2 Å². The zero-order valence-electron chi connectivity index (χ0n) is 7.33. The average Bonchev–Trinajstić information content (AvgIpc) is 2.47. The Kier molecular flexibility index (Phi) is 2.91. The Morgan fingerprint density at radius 2 is 2.07 bits per heavy atom. The molecule has 1 aliphatic rings. The molecule has 1 unspecified atom stereocenters. The molecule has 0 aliphatic carbocycles. The van der Waals surface area contributed by atoms with Crippen molar-refractivity contribution < 1.29 is 13.2 Å². The van der Waals surface area contributed by atoms with Crippen molar-refractivity contribution in [2.75, 3.05) is 5.32 Å². The molecule has 1 N–H and O–H groups in total. The largest absolute Gasteiger partial charge is 0.408 e. The number of alkyl halides is 3. The fourth-order valence-electron chi connectivity index (χ4n) is 1.55. The fraction of sp³-hybridized carbons (Fsp3) is 0.333. The second kappa shape index (κ2) is 3.80. The zero-order chi connectivity index (χ0) is 11.2. The topological polar surface area (TPSA) is 12.0 Å². The van der Waals surface area contributed by atoms with Crippen molar-refractivity contribution in [2.24, 2.45) is 0 Å². The van der Waals surface area contributed by atoms with Crippen LogP contribution in [0.2, 0.25) is 0 Å². The number of fused-ring (bicyclic) bond motifs is 1. The van der Waals surface area contributed by atoms with Crippen molar-refractivity contribution in [2.45, 2.75) is 18.6 Å². The molecule has 2 rings (SSSR count). The van der Waals surface area contributed by atoms with Gasteiger partial charge in [0.05, 0.1) is 0 Å². The lowest BCUT2D eigenvalue weighted by Gasteiger charge is -2.14. The van der Waals surface area contributed by atoms with Gasteiger partial charge in [0.2, 0.25) is 0 Å².